The van der Waals surface area contributed by atoms with Crippen LogP contribution in [0.4, 0.5) is 0 Å². The molecule has 0 bridgehead atoms. The summed E-state index contributed by atoms with van der Waals surface area (Å²) in [6.45, 7) is 0. The second-order valence-corrected chi connectivity index (χ2v) is 3.29. The fourth-order valence-corrected chi connectivity index (χ4v) is 1.74. The molecule has 62 valence electrons. The summed E-state index contributed by atoms with van der Waals surface area (Å²) in [5, 5.41) is 1.88. The van der Waals surface area contributed by atoms with Crippen molar-refractivity contribution in [3.05, 3.63) is 22.4 Å². The van der Waals surface area contributed by atoms with Crippen molar-refractivity contribution in [1.29, 1.82) is 0 Å². The molecule has 1 aromatic heterocycles. The van der Waals surface area contributed by atoms with Crippen molar-refractivity contribution in [2.24, 2.45) is 10.7 Å². The fraction of sp³-hybridized carbons (Fsp3) is 0.143. The zero-order chi connectivity index (χ0) is 8.55. The highest BCUT2D eigenvalue weighted by molar-refractivity contribution is 7.10. The molecule has 1 aliphatic heterocycles. The predicted octanol–water partition coefficient (Wildman–Crippen LogP) is 0.661. The maximum absolute atomic E-state index is 11.1. The Labute approximate surface area is 72.7 Å². The molecule has 1 atom stereocenters. The summed E-state index contributed by atoms with van der Waals surface area (Å²) in [7, 11) is 0. The molecule has 0 unspecified atom stereocenters. The molecule has 0 saturated heterocycles. The lowest BCUT2D eigenvalue weighted by molar-refractivity contribution is -0.135. The van der Waals surface area contributed by atoms with E-state index < -0.39 is 12.0 Å². The number of ether oxygens (including phenoxy) is 1. The van der Waals surface area contributed by atoms with Gasteiger partial charge in [-0.1, -0.05) is 6.07 Å². The molecule has 0 aliphatic carbocycles. The van der Waals surface area contributed by atoms with Gasteiger partial charge in [-0.3, -0.25) is 0 Å². The summed E-state index contributed by atoms with van der Waals surface area (Å²) in [5.74, 6) is -0.394. The molecule has 2 rings (SSSR count). The molecule has 0 radical (unpaired) electrons. The summed E-state index contributed by atoms with van der Waals surface area (Å²) in [6.07, 6.45) is 0. The second kappa shape index (κ2) is 2.60. The van der Waals surface area contributed by atoms with E-state index in [1.54, 1.807) is 0 Å². The van der Waals surface area contributed by atoms with Gasteiger partial charge < -0.3 is 10.5 Å². The average Bonchev–Trinajstić information content (AvgIpc) is 2.58. The van der Waals surface area contributed by atoms with Gasteiger partial charge in [0.15, 0.2) is 6.04 Å². The Hall–Kier alpha value is -1.36. The van der Waals surface area contributed by atoms with Crippen molar-refractivity contribution < 1.29 is 9.53 Å². The van der Waals surface area contributed by atoms with Gasteiger partial charge >= 0.3 is 5.97 Å². The van der Waals surface area contributed by atoms with Crippen molar-refractivity contribution in [2.75, 3.05) is 0 Å². The largest absolute Gasteiger partial charge is 0.391 e. The van der Waals surface area contributed by atoms with E-state index in [-0.39, 0.29) is 6.02 Å². The Morgan fingerprint density at radius 3 is 3.00 bits per heavy atom. The van der Waals surface area contributed by atoms with Crippen molar-refractivity contribution in [1.82, 2.24) is 0 Å². The van der Waals surface area contributed by atoms with Gasteiger partial charge in [0, 0.05) is 4.88 Å². The number of carbonyl (C=O) groups is 1. The quantitative estimate of drug-likeness (QED) is 0.649. The Morgan fingerprint density at radius 2 is 2.50 bits per heavy atom. The molecule has 4 nitrogen and oxygen atoms in total. The molecule has 2 N–H and O–H groups in total. The first-order valence-corrected chi connectivity index (χ1v) is 4.24. The van der Waals surface area contributed by atoms with Crippen LogP contribution in [0.5, 0.6) is 0 Å². The van der Waals surface area contributed by atoms with Gasteiger partial charge in [-0.15, -0.1) is 11.3 Å². The van der Waals surface area contributed by atoms with E-state index in [9.17, 15) is 4.79 Å². The molecule has 0 spiro atoms. The second-order valence-electron chi connectivity index (χ2n) is 2.31. The molecule has 1 aromatic rings. The molecule has 0 amide bonds. The van der Waals surface area contributed by atoms with Gasteiger partial charge in [0.25, 0.3) is 6.02 Å². The zero-order valence-corrected chi connectivity index (χ0v) is 6.88. The number of thiophene rings is 1. The lowest BCUT2D eigenvalue weighted by Gasteiger charge is -1.96. The first kappa shape index (κ1) is 7.30. The number of rotatable bonds is 1. The van der Waals surface area contributed by atoms with Crippen LogP contribution in [0.1, 0.15) is 10.9 Å². The Balaban J connectivity index is 2.31. The van der Waals surface area contributed by atoms with E-state index in [2.05, 4.69) is 9.73 Å². The Morgan fingerprint density at radius 1 is 1.67 bits per heavy atom. The smallest absolute Gasteiger partial charge is 0.344 e. The number of hydrogen-bond acceptors (Lipinski definition) is 5. The summed E-state index contributed by atoms with van der Waals surface area (Å²) < 4.78 is 4.59. The van der Waals surface area contributed by atoms with Gasteiger partial charge in [-0.05, 0) is 11.4 Å². The van der Waals surface area contributed by atoms with Crippen LogP contribution >= 0.6 is 11.3 Å². The standard InChI is InChI=1S/C7H6N2O2S/c8-7-9-5(6(10)11-7)4-2-1-3-12-4/h1-3,5H,(H2,8,9)/t5-/m1/s1. The summed E-state index contributed by atoms with van der Waals surface area (Å²) in [5.41, 5.74) is 5.23. The van der Waals surface area contributed by atoms with Crippen LogP contribution in [0.2, 0.25) is 0 Å². The van der Waals surface area contributed by atoms with Gasteiger partial charge in [0.05, 0.1) is 0 Å². The van der Waals surface area contributed by atoms with E-state index >= 15 is 0 Å². The lowest BCUT2D eigenvalue weighted by Crippen LogP contribution is -2.13. The average molecular weight is 182 g/mol. The molecule has 0 saturated carbocycles. The SMILES string of the molecule is NC1=N[C@H](c2cccs2)C(=O)O1. The minimum absolute atomic E-state index is 0.0431. The van der Waals surface area contributed by atoms with Gasteiger partial charge in [0.1, 0.15) is 0 Å². The van der Waals surface area contributed by atoms with Crippen molar-refractivity contribution in [2.45, 2.75) is 6.04 Å². The van der Waals surface area contributed by atoms with Crippen molar-refractivity contribution in [3.8, 4) is 0 Å². The molecular formula is C7H6N2O2S. The maximum Gasteiger partial charge on any atom is 0.344 e. The Bertz CT molecular complexity index is 331. The van der Waals surface area contributed by atoms with E-state index in [0.717, 1.165) is 4.88 Å². The number of aliphatic imine (C=N–C) groups is 1. The number of hydrogen-bond donors (Lipinski definition) is 1. The van der Waals surface area contributed by atoms with E-state index in [1.807, 2.05) is 17.5 Å². The van der Waals surface area contributed by atoms with Crippen LogP contribution < -0.4 is 5.73 Å². The van der Waals surface area contributed by atoms with Crippen molar-refractivity contribution >= 4 is 23.3 Å². The number of esters is 1. The number of amidine groups is 1. The summed E-state index contributed by atoms with van der Waals surface area (Å²) in [4.78, 5) is 15.8. The van der Waals surface area contributed by atoms with Crippen LogP contribution in [-0.4, -0.2) is 12.0 Å². The van der Waals surface area contributed by atoms with Crippen LogP contribution in [0.3, 0.4) is 0 Å². The van der Waals surface area contributed by atoms with E-state index in [4.69, 9.17) is 5.73 Å². The van der Waals surface area contributed by atoms with Crippen LogP contribution in [0.25, 0.3) is 0 Å². The minimum Gasteiger partial charge on any atom is -0.391 e. The highest BCUT2D eigenvalue weighted by Gasteiger charge is 2.29. The predicted molar refractivity (Wildman–Crippen MR) is 44.8 cm³/mol. The third-order valence-corrected chi connectivity index (χ3v) is 2.42. The zero-order valence-electron chi connectivity index (χ0n) is 6.06. The first-order chi connectivity index (χ1) is 5.77. The molecule has 5 heteroatoms. The number of carbonyl (C=O) groups excluding carboxylic acids is 1. The Kier molecular flexibility index (Phi) is 1.58. The normalized spacial score (nSPS) is 22.2. The monoisotopic (exact) mass is 182 g/mol. The lowest BCUT2D eigenvalue weighted by atomic mass is 10.3. The van der Waals surface area contributed by atoms with Gasteiger partial charge in [-0.2, -0.15) is 0 Å². The van der Waals surface area contributed by atoms with Crippen molar-refractivity contribution in [3.63, 3.8) is 0 Å². The highest BCUT2D eigenvalue weighted by atomic mass is 32.1. The summed E-state index contributed by atoms with van der Waals surface area (Å²) >= 11 is 1.46. The maximum atomic E-state index is 11.1. The molecule has 12 heavy (non-hydrogen) atoms. The van der Waals surface area contributed by atoms with Crippen LogP contribution in [0.15, 0.2) is 22.5 Å². The van der Waals surface area contributed by atoms with Crippen LogP contribution in [0, 0.1) is 0 Å². The van der Waals surface area contributed by atoms with Crippen LogP contribution in [-0.2, 0) is 9.53 Å². The third kappa shape index (κ3) is 1.08. The minimum atomic E-state index is -0.537. The molecule has 1 aliphatic rings. The molecule has 0 aromatic carbocycles. The highest BCUT2D eigenvalue weighted by Crippen LogP contribution is 2.26. The van der Waals surface area contributed by atoms with Gasteiger partial charge in [0.2, 0.25) is 0 Å². The number of cyclic esters (lactones) is 1. The number of nitrogens with zero attached hydrogens (tertiary/aromatic N) is 1. The number of nitrogens with two attached hydrogens (primary N) is 1. The topological polar surface area (TPSA) is 64.7 Å². The summed E-state index contributed by atoms with van der Waals surface area (Å²) in [6, 6.07) is 3.11. The first-order valence-electron chi connectivity index (χ1n) is 3.36. The van der Waals surface area contributed by atoms with Gasteiger partial charge in [-0.25, -0.2) is 9.79 Å². The van der Waals surface area contributed by atoms with E-state index in [1.165, 1.54) is 11.3 Å². The third-order valence-electron chi connectivity index (χ3n) is 1.50. The molecular weight excluding hydrogens is 176 g/mol. The fourth-order valence-electron chi connectivity index (χ4n) is 0.992. The molecule has 2 heterocycles. The van der Waals surface area contributed by atoms with E-state index in [0.29, 0.717) is 0 Å². The molecule has 0 fully saturated rings.